The van der Waals surface area contributed by atoms with E-state index in [4.69, 9.17) is 4.74 Å². The maximum absolute atomic E-state index is 6.16. The van der Waals surface area contributed by atoms with Crippen molar-refractivity contribution in [2.24, 2.45) is 5.92 Å². The molecule has 1 fully saturated rings. The van der Waals surface area contributed by atoms with Crippen LogP contribution in [0.5, 0.6) is 0 Å². The molecule has 0 amide bonds. The molecule has 0 bridgehead atoms. The molecule has 1 heterocycles. The molecule has 0 unspecified atom stereocenters. The fraction of sp³-hybridized carbons (Fsp3) is 0.714. The molecule has 3 atom stereocenters. The summed E-state index contributed by atoms with van der Waals surface area (Å²) in [6, 6.07) is 0. The molecular formula is C14H24O. The first kappa shape index (κ1) is 12.5. The summed E-state index contributed by atoms with van der Waals surface area (Å²) in [6.07, 6.45) is 6.83. The highest BCUT2D eigenvalue weighted by Crippen LogP contribution is 2.37. The fourth-order valence-corrected chi connectivity index (χ4v) is 2.37. The zero-order valence-electron chi connectivity index (χ0n) is 10.4. The Morgan fingerprint density at radius 3 is 2.73 bits per heavy atom. The van der Waals surface area contributed by atoms with Gasteiger partial charge in [0.2, 0.25) is 0 Å². The van der Waals surface area contributed by atoms with E-state index in [9.17, 15) is 0 Å². The Morgan fingerprint density at radius 1 is 1.60 bits per heavy atom. The molecular weight excluding hydrogens is 184 g/mol. The van der Waals surface area contributed by atoms with Crippen LogP contribution in [0.4, 0.5) is 0 Å². The molecule has 0 aromatic heterocycles. The predicted octanol–water partition coefficient (Wildman–Crippen LogP) is 4.10. The Balaban J connectivity index is 2.73. The first-order valence-corrected chi connectivity index (χ1v) is 5.99. The van der Waals surface area contributed by atoms with Crippen LogP contribution in [0.2, 0.25) is 0 Å². The van der Waals surface area contributed by atoms with Crippen LogP contribution in [0.1, 0.15) is 46.5 Å². The van der Waals surface area contributed by atoms with E-state index >= 15 is 0 Å². The number of hydrogen-bond acceptors (Lipinski definition) is 1. The molecule has 1 saturated heterocycles. The van der Waals surface area contributed by atoms with Crippen LogP contribution in [0.25, 0.3) is 0 Å². The van der Waals surface area contributed by atoms with Crippen molar-refractivity contribution >= 4 is 0 Å². The third-order valence-electron chi connectivity index (χ3n) is 3.46. The Kier molecular flexibility index (Phi) is 4.15. The molecule has 1 heteroatoms. The molecule has 15 heavy (non-hydrogen) atoms. The molecule has 0 saturated carbocycles. The minimum absolute atomic E-state index is 0.119. The molecule has 1 aliphatic heterocycles. The minimum atomic E-state index is -0.119. The smallest absolute Gasteiger partial charge is 0.0836 e. The van der Waals surface area contributed by atoms with Gasteiger partial charge >= 0.3 is 0 Å². The van der Waals surface area contributed by atoms with E-state index in [-0.39, 0.29) is 5.60 Å². The first-order valence-electron chi connectivity index (χ1n) is 5.99. The average molecular weight is 208 g/mol. The summed E-state index contributed by atoms with van der Waals surface area (Å²) in [4.78, 5) is 0. The van der Waals surface area contributed by atoms with Gasteiger partial charge in [0.25, 0.3) is 0 Å². The zero-order chi connectivity index (χ0) is 11.5. The third-order valence-corrected chi connectivity index (χ3v) is 3.46. The lowest BCUT2D eigenvalue weighted by molar-refractivity contribution is -0.112. The van der Waals surface area contributed by atoms with Gasteiger partial charge in [0.1, 0.15) is 0 Å². The van der Waals surface area contributed by atoms with Crippen molar-refractivity contribution in [3.63, 3.8) is 0 Å². The van der Waals surface area contributed by atoms with Crippen molar-refractivity contribution in [2.45, 2.75) is 58.2 Å². The summed E-state index contributed by atoms with van der Waals surface area (Å²) < 4.78 is 6.16. The molecule has 0 spiro atoms. The quantitative estimate of drug-likeness (QED) is 0.632. The van der Waals surface area contributed by atoms with Gasteiger partial charge in [0, 0.05) is 5.92 Å². The van der Waals surface area contributed by atoms with E-state index in [1.807, 2.05) is 6.08 Å². The molecule has 0 aromatic carbocycles. The molecule has 1 nitrogen and oxygen atoms in total. The molecule has 1 aliphatic rings. The second-order valence-corrected chi connectivity index (χ2v) is 4.95. The summed E-state index contributed by atoms with van der Waals surface area (Å²) in [5.41, 5.74) is 1.14. The van der Waals surface area contributed by atoms with Crippen molar-refractivity contribution in [1.29, 1.82) is 0 Å². The van der Waals surface area contributed by atoms with Crippen molar-refractivity contribution in [3.8, 4) is 0 Å². The van der Waals surface area contributed by atoms with Gasteiger partial charge in [-0.05, 0) is 33.1 Å². The van der Waals surface area contributed by atoms with Crippen LogP contribution >= 0.6 is 0 Å². The summed E-state index contributed by atoms with van der Waals surface area (Å²) >= 11 is 0. The maximum Gasteiger partial charge on any atom is 0.0836 e. The molecule has 86 valence electrons. The Bertz CT molecular complexity index is 244. The second kappa shape index (κ2) is 4.98. The van der Waals surface area contributed by atoms with E-state index in [1.54, 1.807) is 0 Å². The number of ether oxygens (including phenoxy) is 1. The number of rotatable bonds is 4. The SMILES string of the molecule is C=C[C@]1(C)CC[C@@H](C(=C)C)[C@H](CCC)O1. The highest BCUT2D eigenvalue weighted by molar-refractivity contribution is 5.06. The van der Waals surface area contributed by atoms with Gasteiger partial charge in [0.15, 0.2) is 0 Å². The lowest BCUT2D eigenvalue weighted by Gasteiger charge is -2.42. The molecule has 0 radical (unpaired) electrons. The maximum atomic E-state index is 6.16. The molecule has 0 aromatic rings. The van der Waals surface area contributed by atoms with E-state index in [0.717, 1.165) is 12.8 Å². The number of hydrogen-bond donors (Lipinski definition) is 0. The topological polar surface area (TPSA) is 9.23 Å². The van der Waals surface area contributed by atoms with Gasteiger partial charge < -0.3 is 4.74 Å². The average Bonchev–Trinajstić information content (AvgIpc) is 2.18. The monoisotopic (exact) mass is 208 g/mol. The largest absolute Gasteiger partial charge is 0.367 e. The third kappa shape index (κ3) is 2.94. The van der Waals surface area contributed by atoms with Crippen LogP contribution in [0.3, 0.4) is 0 Å². The van der Waals surface area contributed by atoms with Crippen molar-refractivity contribution in [1.82, 2.24) is 0 Å². The van der Waals surface area contributed by atoms with Gasteiger partial charge in [-0.1, -0.05) is 31.6 Å². The predicted molar refractivity (Wildman–Crippen MR) is 65.9 cm³/mol. The lowest BCUT2D eigenvalue weighted by atomic mass is 9.81. The van der Waals surface area contributed by atoms with Gasteiger partial charge in [-0.25, -0.2) is 0 Å². The molecule has 0 aliphatic carbocycles. The van der Waals surface area contributed by atoms with E-state index in [1.165, 1.54) is 18.4 Å². The zero-order valence-corrected chi connectivity index (χ0v) is 10.4. The van der Waals surface area contributed by atoms with Gasteiger partial charge in [-0.2, -0.15) is 0 Å². The van der Waals surface area contributed by atoms with E-state index < -0.39 is 0 Å². The Labute approximate surface area is 94.2 Å². The van der Waals surface area contributed by atoms with Crippen LogP contribution in [-0.2, 0) is 4.74 Å². The van der Waals surface area contributed by atoms with Crippen molar-refractivity contribution in [2.75, 3.05) is 0 Å². The van der Waals surface area contributed by atoms with E-state index in [2.05, 4.69) is 33.9 Å². The normalized spacial score (nSPS) is 36.2. The fourth-order valence-electron chi connectivity index (χ4n) is 2.37. The molecule has 0 N–H and O–H groups in total. The van der Waals surface area contributed by atoms with Gasteiger partial charge in [-0.15, -0.1) is 6.58 Å². The lowest BCUT2D eigenvalue weighted by Crippen LogP contribution is -2.41. The summed E-state index contributed by atoms with van der Waals surface area (Å²) in [7, 11) is 0. The van der Waals surface area contributed by atoms with Crippen LogP contribution in [0, 0.1) is 5.92 Å². The summed E-state index contributed by atoms with van der Waals surface area (Å²) in [5, 5.41) is 0. The van der Waals surface area contributed by atoms with Crippen LogP contribution < -0.4 is 0 Å². The van der Waals surface area contributed by atoms with Gasteiger partial charge in [0.05, 0.1) is 11.7 Å². The molecule has 1 rings (SSSR count). The Morgan fingerprint density at radius 2 is 2.27 bits per heavy atom. The van der Waals surface area contributed by atoms with Crippen LogP contribution in [0.15, 0.2) is 24.8 Å². The highest BCUT2D eigenvalue weighted by atomic mass is 16.5. The summed E-state index contributed by atoms with van der Waals surface area (Å²) in [5.74, 6) is 0.540. The Hall–Kier alpha value is -0.560. The standard InChI is InChI=1S/C14H24O/c1-6-8-13-12(11(3)4)9-10-14(5,7-2)15-13/h7,12-13H,2-3,6,8-10H2,1,4-5H3/t12-,13-,14+/m0/s1. The van der Waals surface area contributed by atoms with E-state index in [0.29, 0.717) is 12.0 Å². The summed E-state index contributed by atoms with van der Waals surface area (Å²) in [6.45, 7) is 14.4. The van der Waals surface area contributed by atoms with Crippen molar-refractivity contribution in [3.05, 3.63) is 24.8 Å². The second-order valence-electron chi connectivity index (χ2n) is 4.95. The highest BCUT2D eigenvalue weighted by Gasteiger charge is 2.36. The first-order chi connectivity index (χ1) is 7.02. The van der Waals surface area contributed by atoms with Crippen LogP contribution in [-0.4, -0.2) is 11.7 Å². The van der Waals surface area contributed by atoms with Crippen molar-refractivity contribution < 1.29 is 4.74 Å². The minimum Gasteiger partial charge on any atom is -0.367 e. The van der Waals surface area contributed by atoms with Gasteiger partial charge in [-0.3, -0.25) is 0 Å².